The van der Waals surface area contributed by atoms with E-state index in [0.29, 0.717) is 12.8 Å². The van der Waals surface area contributed by atoms with Crippen LogP contribution in [0.4, 0.5) is 4.79 Å². The Morgan fingerprint density at radius 3 is 2.50 bits per heavy atom. The molecule has 1 rings (SSSR count). The second kappa shape index (κ2) is 10.4. The highest BCUT2D eigenvalue weighted by Gasteiger charge is 2.39. The fraction of sp³-hybridized carbons (Fsp3) is 0.857. The highest BCUT2D eigenvalue weighted by molar-refractivity contribution is 5.76. The van der Waals surface area contributed by atoms with Gasteiger partial charge in [0.2, 0.25) is 5.91 Å². The van der Waals surface area contributed by atoms with E-state index in [-0.39, 0.29) is 12.5 Å². The predicted molar refractivity (Wildman–Crippen MR) is 79.0 cm³/mol. The fourth-order valence-electron chi connectivity index (χ4n) is 2.11. The van der Waals surface area contributed by atoms with Crippen LogP contribution >= 0.6 is 0 Å². The summed E-state index contributed by atoms with van der Waals surface area (Å²) in [6.07, 6.45) is -4.93. The molecule has 140 valence electrons. The van der Waals surface area contributed by atoms with Crippen LogP contribution in [0.3, 0.4) is 0 Å². The van der Waals surface area contributed by atoms with Crippen LogP contribution in [0.5, 0.6) is 0 Å². The van der Waals surface area contributed by atoms with Gasteiger partial charge in [0.25, 0.3) is 0 Å². The summed E-state index contributed by atoms with van der Waals surface area (Å²) in [5.74, 6) is -0.255. The Hall–Kier alpha value is -1.46. The lowest BCUT2D eigenvalue weighted by atomic mass is 9.98. The van der Waals surface area contributed by atoms with Crippen molar-refractivity contribution in [1.82, 2.24) is 5.32 Å². The SMILES string of the molecule is CCCC(=O)N[C@H]1CO[C@H](COC(=O)OC(CO)CO)[C@@H](O)[C@@H]1O. The highest BCUT2D eigenvalue weighted by atomic mass is 16.7. The molecule has 1 aliphatic rings. The average Bonchev–Trinajstić information content (AvgIpc) is 2.56. The molecular formula is C14H25NO9. The van der Waals surface area contributed by atoms with Crippen molar-refractivity contribution in [1.29, 1.82) is 0 Å². The molecule has 24 heavy (non-hydrogen) atoms. The summed E-state index contributed by atoms with van der Waals surface area (Å²) < 4.78 is 14.6. The van der Waals surface area contributed by atoms with E-state index < -0.39 is 56.4 Å². The number of carbonyl (C=O) groups excluding carboxylic acids is 2. The molecule has 0 bridgehead atoms. The van der Waals surface area contributed by atoms with Crippen LogP contribution in [-0.2, 0) is 19.0 Å². The van der Waals surface area contributed by atoms with E-state index in [2.05, 4.69) is 10.1 Å². The van der Waals surface area contributed by atoms with Crippen LogP contribution < -0.4 is 5.32 Å². The van der Waals surface area contributed by atoms with Gasteiger partial charge in [0.05, 0.1) is 25.9 Å². The molecule has 0 aliphatic carbocycles. The van der Waals surface area contributed by atoms with Crippen molar-refractivity contribution in [2.75, 3.05) is 26.4 Å². The van der Waals surface area contributed by atoms with Gasteiger partial charge in [-0.05, 0) is 6.42 Å². The molecule has 1 aliphatic heterocycles. The van der Waals surface area contributed by atoms with E-state index in [0.717, 1.165) is 0 Å². The number of carbonyl (C=O) groups is 2. The molecule has 5 N–H and O–H groups in total. The van der Waals surface area contributed by atoms with Gasteiger partial charge in [-0.25, -0.2) is 4.79 Å². The lowest BCUT2D eigenvalue weighted by molar-refractivity contribution is -0.167. The third kappa shape index (κ3) is 6.21. The van der Waals surface area contributed by atoms with Crippen LogP contribution in [0.2, 0.25) is 0 Å². The normalized spacial score (nSPS) is 26.9. The second-order valence-electron chi connectivity index (χ2n) is 5.44. The number of nitrogens with one attached hydrogen (secondary N) is 1. The number of ether oxygens (including phenoxy) is 3. The van der Waals surface area contributed by atoms with Crippen molar-refractivity contribution in [2.24, 2.45) is 0 Å². The quantitative estimate of drug-likeness (QED) is 0.309. The van der Waals surface area contributed by atoms with Gasteiger partial charge in [0.1, 0.15) is 24.9 Å². The number of amides is 1. The Kier molecular flexibility index (Phi) is 8.93. The second-order valence-corrected chi connectivity index (χ2v) is 5.44. The molecule has 0 radical (unpaired) electrons. The maximum atomic E-state index is 11.5. The molecule has 10 heteroatoms. The van der Waals surface area contributed by atoms with Gasteiger partial charge in [0, 0.05) is 6.42 Å². The van der Waals surface area contributed by atoms with E-state index in [1.54, 1.807) is 0 Å². The smallest absolute Gasteiger partial charge is 0.431 e. The monoisotopic (exact) mass is 351 g/mol. The van der Waals surface area contributed by atoms with E-state index in [4.69, 9.17) is 19.7 Å². The number of aliphatic hydroxyl groups excluding tert-OH is 4. The molecule has 1 fully saturated rings. The van der Waals surface area contributed by atoms with E-state index in [1.807, 2.05) is 6.92 Å². The molecular weight excluding hydrogens is 326 g/mol. The van der Waals surface area contributed by atoms with Crippen molar-refractivity contribution in [3.8, 4) is 0 Å². The van der Waals surface area contributed by atoms with Gasteiger partial charge in [-0.15, -0.1) is 0 Å². The molecule has 10 nitrogen and oxygen atoms in total. The Morgan fingerprint density at radius 2 is 1.92 bits per heavy atom. The third-order valence-electron chi connectivity index (χ3n) is 3.49. The molecule has 0 aromatic carbocycles. The van der Waals surface area contributed by atoms with Crippen LogP contribution in [0.25, 0.3) is 0 Å². The first-order chi connectivity index (χ1) is 11.4. The lowest BCUT2D eigenvalue weighted by Crippen LogP contribution is -2.60. The first kappa shape index (κ1) is 20.6. The van der Waals surface area contributed by atoms with Crippen molar-refractivity contribution < 1.29 is 44.2 Å². The van der Waals surface area contributed by atoms with Gasteiger partial charge in [-0.1, -0.05) is 6.92 Å². The first-order valence-electron chi connectivity index (χ1n) is 7.75. The molecule has 1 heterocycles. The fourth-order valence-corrected chi connectivity index (χ4v) is 2.11. The molecule has 4 atom stereocenters. The number of hydrogen-bond donors (Lipinski definition) is 5. The molecule has 0 aromatic heterocycles. The largest absolute Gasteiger partial charge is 0.508 e. The molecule has 0 aromatic rings. The van der Waals surface area contributed by atoms with Crippen LogP contribution in [0, 0.1) is 0 Å². The van der Waals surface area contributed by atoms with Gasteiger partial charge in [-0.2, -0.15) is 0 Å². The predicted octanol–water partition coefficient (Wildman–Crippen LogP) is -2.10. The van der Waals surface area contributed by atoms with E-state index in [9.17, 15) is 19.8 Å². The molecule has 1 amide bonds. The Labute approximate surface area is 139 Å². The van der Waals surface area contributed by atoms with Crippen molar-refractivity contribution in [3.05, 3.63) is 0 Å². The van der Waals surface area contributed by atoms with Gasteiger partial charge in [-0.3, -0.25) is 4.79 Å². The minimum absolute atomic E-state index is 0.0489. The molecule has 1 saturated heterocycles. The summed E-state index contributed by atoms with van der Waals surface area (Å²) in [5.41, 5.74) is 0. The van der Waals surface area contributed by atoms with Gasteiger partial charge < -0.3 is 40.0 Å². The zero-order valence-corrected chi connectivity index (χ0v) is 13.5. The van der Waals surface area contributed by atoms with Gasteiger partial charge >= 0.3 is 6.16 Å². The van der Waals surface area contributed by atoms with Gasteiger partial charge in [0.15, 0.2) is 6.10 Å². The molecule has 0 spiro atoms. The Bertz CT molecular complexity index is 402. The van der Waals surface area contributed by atoms with Crippen LogP contribution in [0.15, 0.2) is 0 Å². The molecule has 0 unspecified atom stereocenters. The van der Waals surface area contributed by atoms with E-state index >= 15 is 0 Å². The summed E-state index contributed by atoms with van der Waals surface area (Å²) in [6, 6.07) is -0.754. The standard InChI is InChI=1S/C14H25NO9/c1-2-3-11(18)15-9-6-22-10(13(20)12(9)19)7-23-14(21)24-8(4-16)5-17/h8-10,12-13,16-17,19-20H,2-7H2,1H3,(H,15,18)/t9-,10+,12+,13+/m0/s1. The Morgan fingerprint density at radius 1 is 1.25 bits per heavy atom. The first-order valence-corrected chi connectivity index (χ1v) is 7.75. The lowest BCUT2D eigenvalue weighted by Gasteiger charge is -2.37. The maximum Gasteiger partial charge on any atom is 0.508 e. The van der Waals surface area contributed by atoms with Crippen molar-refractivity contribution in [3.63, 3.8) is 0 Å². The zero-order chi connectivity index (χ0) is 18.1. The van der Waals surface area contributed by atoms with Crippen LogP contribution in [0.1, 0.15) is 19.8 Å². The number of rotatable bonds is 8. The summed E-state index contributed by atoms with van der Waals surface area (Å²) >= 11 is 0. The van der Waals surface area contributed by atoms with Crippen LogP contribution in [-0.4, -0.2) is 89.4 Å². The summed E-state index contributed by atoms with van der Waals surface area (Å²) in [6.45, 7) is 0.272. The summed E-state index contributed by atoms with van der Waals surface area (Å²) in [4.78, 5) is 22.9. The Balaban J connectivity index is 2.42. The third-order valence-corrected chi connectivity index (χ3v) is 3.49. The summed E-state index contributed by atoms with van der Waals surface area (Å²) in [7, 11) is 0. The minimum atomic E-state index is -1.37. The maximum absolute atomic E-state index is 11.5. The molecule has 0 saturated carbocycles. The topological polar surface area (TPSA) is 155 Å². The van der Waals surface area contributed by atoms with Crippen molar-refractivity contribution >= 4 is 12.1 Å². The highest BCUT2D eigenvalue weighted by Crippen LogP contribution is 2.16. The average molecular weight is 351 g/mol. The zero-order valence-electron chi connectivity index (χ0n) is 13.5. The number of hydrogen-bond acceptors (Lipinski definition) is 9. The number of aliphatic hydroxyl groups is 4. The van der Waals surface area contributed by atoms with Crippen molar-refractivity contribution in [2.45, 2.75) is 50.2 Å². The van der Waals surface area contributed by atoms with E-state index in [1.165, 1.54) is 0 Å². The summed E-state index contributed by atoms with van der Waals surface area (Å²) in [5, 5.41) is 40.2. The minimum Gasteiger partial charge on any atom is -0.431 e.